The quantitative estimate of drug-likeness (QED) is 0.752. The largest absolute Gasteiger partial charge is 0.458 e. The number of hydrogen-bond acceptors (Lipinski definition) is 4. The molecule has 4 aliphatic rings. The number of esters is 1. The third-order valence-electron chi connectivity index (χ3n) is 9.44. The molecule has 0 aromatic rings. The van der Waals surface area contributed by atoms with Crippen LogP contribution in [0, 0.1) is 40.4 Å². The number of rotatable bonds is 3. The molecule has 4 rings (SSSR count). The van der Waals surface area contributed by atoms with Crippen LogP contribution in [0.2, 0.25) is 0 Å². The highest BCUT2D eigenvalue weighted by Gasteiger charge is 2.61. The van der Waals surface area contributed by atoms with Crippen LogP contribution in [0.25, 0.3) is 0 Å². The minimum Gasteiger partial charge on any atom is -0.458 e. The molecule has 0 saturated heterocycles. The highest BCUT2D eigenvalue weighted by Crippen LogP contribution is 2.67. The van der Waals surface area contributed by atoms with Crippen molar-refractivity contribution in [2.75, 3.05) is 6.61 Å². The van der Waals surface area contributed by atoms with E-state index >= 15 is 0 Å². The highest BCUT2D eigenvalue weighted by atomic mass is 16.5. The average molecular weight is 377 g/mol. The van der Waals surface area contributed by atoms with Crippen LogP contribution >= 0.6 is 0 Å². The Balaban J connectivity index is 1.52. The van der Waals surface area contributed by atoms with E-state index in [9.17, 15) is 14.7 Å². The number of Topliss-reactive ketones (excluding diaryl/α,β-unsaturated/α-hetero) is 1. The van der Waals surface area contributed by atoms with Crippen LogP contribution in [0.1, 0.15) is 78.6 Å². The molecule has 4 saturated carbocycles. The Bertz CT molecular complexity index is 615. The predicted octanol–water partition coefficient (Wildman–Crippen LogP) is 4.14. The summed E-state index contributed by atoms with van der Waals surface area (Å²) in [5.74, 6) is 2.62. The molecule has 0 spiro atoms. The zero-order chi connectivity index (χ0) is 19.4. The van der Waals surface area contributed by atoms with Crippen LogP contribution in [0.5, 0.6) is 0 Å². The van der Waals surface area contributed by atoms with Crippen molar-refractivity contribution in [3.63, 3.8) is 0 Å². The summed E-state index contributed by atoms with van der Waals surface area (Å²) in [5.41, 5.74) is 0.457. The third kappa shape index (κ3) is 3.07. The Labute approximate surface area is 163 Å². The van der Waals surface area contributed by atoms with Gasteiger partial charge in [-0.1, -0.05) is 13.8 Å². The first-order valence-corrected chi connectivity index (χ1v) is 11.1. The van der Waals surface area contributed by atoms with Crippen LogP contribution in [0.15, 0.2) is 0 Å². The lowest BCUT2D eigenvalue weighted by molar-refractivity contribution is -0.151. The molecule has 0 aliphatic heterocycles. The molecule has 27 heavy (non-hydrogen) atoms. The summed E-state index contributed by atoms with van der Waals surface area (Å²) in [7, 11) is 0. The molecule has 0 unspecified atom stereocenters. The fourth-order valence-corrected chi connectivity index (χ4v) is 8.04. The van der Waals surface area contributed by atoms with E-state index in [-0.39, 0.29) is 35.8 Å². The fourth-order valence-electron chi connectivity index (χ4n) is 8.04. The fraction of sp³-hybridized carbons (Fsp3) is 0.913. The number of fused-ring (bicyclic) bond motifs is 5. The molecule has 4 aliphatic carbocycles. The first-order valence-electron chi connectivity index (χ1n) is 11.1. The van der Waals surface area contributed by atoms with Gasteiger partial charge in [-0.3, -0.25) is 9.59 Å². The van der Waals surface area contributed by atoms with Crippen LogP contribution in [0.3, 0.4) is 0 Å². The van der Waals surface area contributed by atoms with Crippen molar-refractivity contribution in [2.24, 2.45) is 40.4 Å². The Morgan fingerprint density at radius 2 is 1.67 bits per heavy atom. The maximum atomic E-state index is 12.8. The van der Waals surface area contributed by atoms with Gasteiger partial charge in [-0.25, -0.2) is 0 Å². The predicted molar refractivity (Wildman–Crippen MR) is 103 cm³/mol. The van der Waals surface area contributed by atoms with Crippen molar-refractivity contribution < 1.29 is 19.4 Å². The second-order valence-electron chi connectivity index (χ2n) is 10.5. The first-order chi connectivity index (χ1) is 12.8. The lowest BCUT2D eigenvalue weighted by Gasteiger charge is -2.60. The Hall–Kier alpha value is -0.900. The van der Waals surface area contributed by atoms with Gasteiger partial charge < -0.3 is 9.84 Å². The number of aliphatic hydroxyl groups is 1. The van der Waals surface area contributed by atoms with Gasteiger partial charge in [0.05, 0.1) is 6.10 Å². The number of ether oxygens (including phenoxy) is 1. The zero-order valence-electron chi connectivity index (χ0n) is 17.2. The Kier molecular flexibility index (Phi) is 4.93. The zero-order valence-corrected chi connectivity index (χ0v) is 17.2. The summed E-state index contributed by atoms with van der Waals surface area (Å²) < 4.78 is 5.03. The lowest BCUT2D eigenvalue weighted by atomic mass is 9.44. The lowest BCUT2D eigenvalue weighted by Crippen LogP contribution is -2.54. The van der Waals surface area contributed by atoms with Crippen molar-refractivity contribution >= 4 is 11.8 Å². The number of carbonyl (C=O) groups is 2. The standard InChI is InChI=1S/C23H36O4/c1-14(24)27-13-21(26)20-7-6-18-17-5-4-15-12-16(25)8-10-22(15,2)19(17)9-11-23(18,20)3/h15-20,25H,4-13H2,1-3H3/t15-,16-,17+,18-,19+,20+,22+,23-/m1/s1. The molecule has 0 bridgehead atoms. The normalized spacial score (nSPS) is 48.9. The van der Waals surface area contributed by atoms with Crippen LogP contribution < -0.4 is 0 Å². The molecule has 0 aromatic carbocycles. The van der Waals surface area contributed by atoms with Crippen molar-refractivity contribution in [3.05, 3.63) is 0 Å². The summed E-state index contributed by atoms with van der Waals surface area (Å²) in [4.78, 5) is 23.9. The van der Waals surface area contributed by atoms with Crippen molar-refractivity contribution in [1.29, 1.82) is 0 Å². The van der Waals surface area contributed by atoms with E-state index in [0.717, 1.165) is 50.4 Å². The molecule has 4 fully saturated rings. The van der Waals surface area contributed by atoms with Gasteiger partial charge in [0.15, 0.2) is 5.78 Å². The molecular formula is C23H36O4. The highest BCUT2D eigenvalue weighted by molar-refractivity contribution is 5.85. The van der Waals surface area contributed by atoms with Gasteiger partial charge in [0, 0.05) is 12.8 Å². The van der Waals surface area contributed by atoms with E-state index in [1.54, 1.807) is 0 Å². The minimum atomic E-state index is -0.363. The third-order valence-corrected chi connectivity index (χ3v) is 9.44. The molecule has 152 valence electrons. The van der Waals surface area contributed by atoms with E-state index in [1.165, 1.54) is 26.2 Å². The summed E-state index contributed by atoms with van der Waals surface area (Å²) >= 11 is 0. The van der Waals surface area contributed by atoms with Gasteiger partial charge in [-0.2, -0.15) is 0 Å². The molecule has 0 aromatic heterocycles. The van der Waals surface area contributed by atoms with Crippen molar-refractivity contribution in [1.82, 2.24) is 0 Å². The van der Waals surface area contributed by atoms with Gasteiger partial charge in [-0.15, -0.1) is 0 Å². The second-order valence-corrected chi connectivity index (χ2v) is 10.5. The minimum absolute atomic E-state index is 0.0475. The van der Waals surface area contributed by atoms with Crippen LogP contribution in [0.4, 0.5) is 0 Å². The number of ketones is 1. The van der Waals surface area contributed by atoms with Gasteiger partial charge >= 0.3 is 5.97 Å². The molecule has 1 N–H and O–H groups in total. The molecule has 0 radical (unpaired) electrons. The van der Waals surface area contributed by atoms with Crippen LogP contribution in [-0.2, 0) is 14.3 Å². The van der Waals surface area contributed by atoms with Gasteiger partial charge in [0.2, 0.25) is 0 Å². The van der Waals surface area contributed by atoms with Gasteiger partial charge in [0.25, 0.3) is 0 Å². The summed E-state index contributed by atoms with van der Waals surface area (Å²) in [5, 5.41) is 10.2. The van der Waals surface area contributed by atoms with E-state index in [0.29, 0.717) is 17.3 Å². The molecule has 8 atom stereocenters. The van der Waals surface area contributed by atoms with Gasteiger partial charge in [0.1, 0.15) is 6.61 Å². The topological polar surface area (TPSA) is 63.6 Å². The van der Waals surface area contributed by atoms with Crippen molar-refractivity contribution in [3.8, 4) is 0 Å². The summed E-state index contributed by atoms with van der Waals surface area (Å²) in [6.45, 7) is 6.17. The van der Waals surface area contributed by atoms with Gasteiger partial charge in [-0.05, 0) is 92.3 Å². The monoisotopic (exact) mass is 376 g/mol. The summed E-state index contributed by atoms with van der Waals surface area (Å²) in [6.07, 6.45) is 9.99. The molecule has 4 heteroatoms. The van der Waals surface area contributed by atoms with E-state index < -0.39 is 0 Å². The van der Waals surface area contributed by atoms with E-state index in [4.69, 9.17) is 4.74 Å². The SMILES string of the molecule is CC(=O)OCC(=O)[C@@H]1CC[C@@H]2[C@@H]3CC[C@@H]4C[C@H](O)CC[C@]4(C)[C@H]3CC[C@]21C. The molecular weight excluding hydrogens is 340 g/mol. The number of hydrogen-bond donors (Lipinski definition) is 1. The van der Waals surface area contributed by atoms with E-state index in [2.05, 4.69) is 13.8 Å². The van der Waals surface area contributed by atoms with Crippen LogP contribution in [-0.4, -0.2) is 29.6 Å². The molecule has 4 nitrogen and oxygen atoms in total. The average Bonchev–Trinajstić information content (AvgIpc) is 2.97. The molecule has 0 amide bonds. The first kappa shape index (κ1) is 19.4. The number of carbonyl (C=O) groups excluding carboxylic acids is 2. The maximum absolute atomic E-state index is 12.8. The smallest absolute Gasteiger partial charge is 0.303 e. The van der Waals surface area contributed by atoms with Crippen molar-refractivity contribution in [2.45, 2.75) is 84.7 Å². The number of aliphatic hydroxyl groups excluding tert-OH is 1. The Morgan fingerprint density at radius 3 is 2.41 bits per heavy atom. The molecule has 0 heterocycles. The Morgan fingerprint density at radius 1 is 0.963 bits per heavy atom. The summed E-state index contributed by atoms with van der Waals surface area (Å²) in [6, 6.07) is 0. The van der Waals surface area contributed by atoms with E-state index in [1.807, 2.05) is 0 Å². The second kappa shape index (κ2) is 6.86. The maximum Gasteiger partial charge on any atom is 0.303 e.